The van der Waals surface area contributed by atoms with E-state index in [1.807, 2.05) is 18.2 Å². The third kappa shape index (κ3) is 3.74. The van der Waals surface area contributed by atoms with Crippen LogP contribution in [0.4, 0.5) is 0 Å². The van der Waals surface area contributed by atoms with Crippen molar-refractivity contribution in [1.29, 1.82) is 0 Å². The molecule has 4 nitrogen and oxygen atoms in total. The van der Waals surface area contributed by atoms with E-state index in [0.717, 1.165) is 5.56 Å². The summed E-state index contributed by atoms with van der Waals surface area (Å²) in [5.41, 5.74) is 0.811. The minimum atomic E-state index is -0.393. The van der Waals surface area contributed by atoms with Gasteiger partial charge in [0.05, 0.1) is 20.8 Å². The van der Waals surface area contributed by atoms with E-state index >= 15 is 0 Å². The molecule has 0 atom stereocenters. The molecule has 19 heavy (non-hydrogen) atoms. The van der Waals surface area contributed by atoms with Gasteiger partial charge in [-0.25, -0.2) is 4.79 Å². The van der Waals surface area contributed by atoms with Gasteiger partial charge in [-0.3, -0.25) is 0 Å². The maximum Gasteiger partial charge on any atom is 0.330 e. The highest BCUT2D eigenvalue weighted by molar-refractivity contribution is 5.87. The number of esters is 1. The Morgan fingerprint density at radius 1 is 1.37 bits per heavy atom. The molecule has 2 rings (SSSR count). The maximum atomic E-state index is 11.1. The molecule has 1 saturated carbocycles. The van der Waals surface area contributed by atoms with Gasteiger partial charge in [-0.1, -0.05) is 12.1 Å². The van der Waals surface area contributed by atoms with Crippen LogP contribution in [-0.2, 0) is 9.53 Å². The van der Waals surface area contributed by atoms with Gasteiger partial charge in [0.1, 0.15) is 0 Å². The Bertz CT molecular complexity index is 475. The quantitative estimate of drug-likeness (QED) is 0.584. The zero-order chi connectivity index (χ0) is 13.7. The number of ether oxygens (including phenoxy) is 3. The highest BCUT2D eigenvalue weighted by Crippen LogP contribution is 2.35. The lowest BCUT2D eigenvalue weighted by molar-refractivity contribution is -0.134. The van der Waals surface area contributed by atoms with Crippen molar-refractivity contribution in [2.75, 3.05) is 20.8 Å². The summed E-state index contributed by atoms with van der Waals surface area (Å²) in [6, 6.07) is 5.58. The molecule has 1 aliphatic rings. The van der Waals surface area contributed by atoms with Gasteiger partial charge in [0, 0.05) is 11.6 Å². The second-order valence-electron chi connectivity index (χ2n) is 4.49. The van der Waals surface area contributed by atoms with Crippen molar-refractivity contribution < 1.29 is 19.0 Å². The molecule has 1 aromatic rings. The standard InChI is InChI=1S/C15H18O4/c1-17-13-5-3-4-12(8-9-14(16)18-2)15(13)19-10-11-6-7-11/h3-5,8-9,11H,6-7,10H2,1-2H3. The van der Waals surface area contributed by atoms with Crippen LogP contribution in [-0.4, -0.2) is 26.8 Å². The molecular weight excluding hydrogens is 244 g/mol. The Kier molecular flexibility index (Phi) is 4.44. The van der Waals surface area contributed by atoms with Gasteiger partial charge in [-0.15, -0.1) is 0 Å². The Hall–Kier alpha value is -1.97. The first-order valence-corrected chi connectivity index (χ1v) is 6.30. The van der Waals surface area contributed by atoms with Crippen molar-refractivity contribution in [2.45, 2.75) is 12.8 Å². The molecular formula is C15H18O4. The van der Waals surface area contributed by atoms with E-state index in [0.29, 0.717) is 24.0 Å². The zero-order valence-corrected chi connectivity index (χ0v) is 11.2. The average Bonchev–Trinajstić information content (AvgIpc) is 3.26. The molecule has 1 fully saturated rings. The van der Waals surface area contributed by atoms with E-state index in [1.54, 1.807) is 13.2 Å². The van der Waals surface area contributed by atoms with Crippen LogP contribution >= 0.6 is 0 Å². The van der Waals surface area contributed by atoms with E-state index in [-0.39, 0.29) is 0 Å². The smallest absolute Gasteiger partial charge is 0.330 e. The van der Waals surface area contributed by atoms with Gasteiger partial charge >= 0.3 is 5.97 Å². The molecule has 0 saturated heterocycles. The summed E-state index contributed by atoms with van der Waals surface area (Å²) >= 11 is 0. The largest absolute Gasteiger partial charge is 0.493 e. The lowest BCUT2D eigenvalue weighted by atomic mass is 10.1. The highest BCUT2D eigenvalue weighted by atomic mass is 16.5. The second kappa shape index (κ2) is 6.27. The molecule has 4 heteroatoms. The van der Waals surface area contributed by atoms with Gasteiger partial charge in [-0.05, 0) is 30.9 Å². The van der Waals surface area contributed by atoms with Crippen molar-refractivity contribution in [3.63, 3.8) is 0 Å². The molecule has 0 aromatic heterocycles. The molecule has 0 amide bonds. The number of methoxy groups -OCH3 is 2. The number of benzene rings is 1. The topological polar surface area (TPSA) is 44.8 Å². The number of para-hydroxylation sites is 1. The van der Waals surface area contributed by atoms with Crippen LogP contribution in [0.5, 0.6) is 11.5 Å². The van der Waals surface area contributed by atoms with Crippen molar-refractivity contribution in [1.82, 2.24) is 0 Å². The molecule has 0 spiro atoms. The predicted molar refractivity (Wildman–Crippen MR) is 72.3 cm³/mol. The molecule has 102 valence electrons. The number of carbonyl (C=O) groups is 1. The number of carbonyl (C=O) groups excluding carboxylic acids is 1. The van der Waals surface area contributed by atoms with Crippen LogP contribution < -0.4 is 9.47 Å². The molecule has 0 heterocycles. The lowest BCUT2D eigenvalue weighted by Crippen LogP contribution is -2.02. The minimum absolute atomic E-state index is 0.393. The molecule has 1 aromatic carbocycles. The summed E-state index contributed by atoms with van der Waals surface area (Å²) in [7, 11) is 2.95. The summed E-state index contributed by atoms with van der Waals surface area (Å²) < 4.78 is 15.7. The monoisotopic (exact) mass is 262 g/mol. The normalized spacial score (nSPS) is 14.4. The molecule has 0 N–H and O–H groups in total. The van der Waals surface area contributed by atoms with E-state index in [1.165, 1.54) is 26.0 Å². The van der Waals surface area contributed by atoms with Crippen LogP contribution in [0.2, 0.25) is 0 Å². The molecule has 0 aliphatic heterocycles. The molecule has 1 aliphatic carbocycles. The van der Waals surface area contributed by atoms with Gasteiger partial charge in [0.25, 0.3) is 0 Å². The van der Waals surface area contributed by atoms with Crippen molar-refractivity contribution in [3.05, 3.63) is 29.8 Å². The lowest BCUT2D eigenvalue weighted by Gasteiger charge is -2.13. The van der Waals surface area contributed by atoms with Crippen LogP contribution in [0.3, 0.4) is 0 Å². The Morgan fingerprint density at radius 2 is 2.16 bits per heavy atom. The zero-order valence-electron chi connectivity index (χ0n) is 11.2. The third-order valence-electron chi connectivity index (χ3n) is 2.99. The number of hydrogen-bond acceptors (Lipinski definition) is 4. The second-order valence-corrected chi connectivity index (χ2v) is 4.49. The first kappa shape index (κ1) is 13.5. The van der Waals surface area contributed by atoms with Crippen molar-refractivity contribution in [3.8, 4) is 11.5 Å². The highest BCUT2D eigenvalue weighted by Gasteiger charge is 2.23. The molecule has 0 bridgehead atoms. The van der Waals surface area contributed by atoms with Gasteiger partial charge in [0.2, 0.25) is 0 Å². The summed E-state index contributed by atoms with van der Waals surface area (Å²) in [6.45, 7) is 0.694. The average molecular weight is 262 g/mol. The van der Waals surface area contributed by atoms with Crippen LogP contribution in [0.1, 0.15) is 18.4 Å². The summed E-state index contributed by atoms with van der Waals surface area (Å²) in [6.07, 6.45) is 5.50. The summed E-state index contributed by atoms with van der Waals surface area (Å²) in [5, 5.41) is 0. The number of rotatable bonds is 6. The van der Waals surface area contributed by atoms with Gasteiger partial charge in [-0.2, -0.15) is 0 Å². The predicted octanol–water partition coefficient (Wildman–Crippen LogP) is 2.67. The molecule has 0 unspecified atom stereocenters. The Morgan fingerprint density at radius 3 is 2.79 bits per heavy atom. The van der Waals surface area contributed by atoms with Crippen molar-refractivity contribution in [2.24, 2.45) is 5.92 Å². The minimum Gasteiger partial charge on any atom is -0.493 e. The summed E-state index contributed by atoms with van der Waals surface area (Å²) in [5.74, 6) is 1.61. The van der Waals surface area contributed by atoms with Gasteiger partial charge < -0.3 is 14.2 Å². The number of hydrogen-bond donors (Lipinski definition) is 0. The van der Waals surface area contributed by atoms with Crippen LogP contribution in [0.25, 0.3) is 6.08 Å². The van der Waals surface area contributed by atoms with Crippen molar-refractivity contribution >= 4 is 12.0 Å². The van der Waals surface area contributed by atoms with Gasteiger partial charge in [0.15, 0.2) is 11.5 Å². The Balaban J connectivity index is 2.18. The SMILES string of the molecule is COC(=O)C=Cc1cccc(OC)c1OCC1CC1. The van der Waals surface area contributed by atoms with Crippen LogP contribution in [0.15, 0.2) is 24.3 Å². The van der Waals surface area contributed by atoms with E-state index in [2.05, 4.69) is 4.74 Å². The fourth-order valence-electron chi connectivity index (χ4n) is 1.69. The van der Waals surface area contributed by atoms with E-state index < -0.39 is 5.97 Å². The fourth-order valence-corrected chi connectivity index (χ4v) is 1.69. The maximum absolute atomic E-state index is 11.1. The third-order valence-corrected chi connectivity index (χ3v) is 2.99. The first-order chi connectivity index (χ1) is 9.24. The van der Waals surface area contributed by atoms with E-state index in [9.17, 15) is 4.79 Å². The fraction of sp³-hybridized carbons (Fsp3) is 0.400. The first-order valence-electron chi connectivity index (χ1n) is 6.30. The summed E-state index contributed by atoms with van der Waals surface area (Å²) in [4.78, 5) is 11.1. The van der Waals surface area contributed by atoms with E-state index in [4.69, 9.17) is 9.47 Å². The molecule has 0 radical (unpaired) electrons. The van der Waals surface area contributed by atoms with Crippen LogP contribution in [0, 0.1) is 5.92 Å². The Labute approximate surface area is 113 Å².